The van der Waals surface area contributed by atoms with Crippen LogP contribution < -0.4 is 5.32 Å². The fourth-order valence-electron chi connectivity index (χ4n) is 1.31. The molecule has 0 aliphatic carbocycles. The van der Waals surface area contributed by atoms with Crippen LogP contribution in [-0.2, 0) is 10.1 Å². The number of hydrogen-bond donors (Lipinski definition) is 1. The Bertz CT molecular complexity index is 410. The van der Waals surface area contributed by atoms with Crippen molar-refractivity contribution in [2.45, 2.75) is 38.6 Å². The molecule has 0 aliphatic rings. The van der Waals surface area contributed by atoms with Gasteiger partial charge in [0.1, 0.15) is 5.60 Å². The van der Waals surface area contributed by atoms with Gasteiger partial charge in [0.15, 0.2) is 0 Å². The van der Waals surface area contributed by atoms with Crippen molar-refractivity contribution in [3.63, 3.8) is 0 Å². The molecule has 0 heterocycles. The largest absolute Gasteiger partial charge is 0.444 e. The number of aryl methyl sites for hydroxylation is 1. The van der Waals surface area contributed by atoms with Crippen molar-refractivity contribution in [2.24, 2.45) is 0 Å². The van der Waals surface area contributed by atoms with Crippen LogP contribution >= 0.6 is 15.9 Å². The summed E-state index contributed by atoms with van der Waals surface area (Å²) in [6.45, 7) is 7.55. The second-order valence-electron chi connectivity index (χ2n) is 4.90. The Morgan fingerprint density at radius 2 is 2.06 bits per heavy atom. The van der Waals surface area contributed by atoms with Gasteiger partial charge in [0.2, 0.25) is 0 Å². The van der Waals surface area contributed by atoms with E-state index >= 15 is 0 Å². The maximum absolute atomic E-state index is 11.6. The fraction of sp³-hybridized carbons (Fsp3) is 0.462. The predicted molar refractivity (Wildman–Crippen MR) is 73.7 cm³/mol. The van der Waals surface area contributed by atoms with E-state index in [0.29, 0.717) is 0 Å². The highest BCUT2D eigenvalue weighted by atomic mass is 79.9. The average molecular weight is 300 g/mol. The minimum atomic E-state index is -0.479. The van der Waals surface area contributed by atoms with Crippen molar-refractivity contribution >= 4 is 27.7 Å². The van der Waals surface area contributed by atoms with E-state index < -0.39 is 11.7 Å². The number of carbonyl (C=O) groups excluding carboxylic acids is 1. The lowest BCUT2D eigenvalue weighted by molar-refractivity contribution is 0.0636. The number of ether oxygens (including phenoxy) is 1. The number of carbonyl (C=O) groups is 1. The summed E-state index contributed by atoms with van der Waals surface area (Å²) in [4.78, 5) is 11.6. The van der Waals surface area contributed by atoms with Crippen LogP contribution in [0.25, 0.3) is 0 Å². The molecule has 0 saturated carbocycles. The van der Waals surface area contributed by atoms with E-state index in [-0.39, 0.29) is 0 Å². The molecule has 0 spiro atoms. The first-order valence-electron chi connectivity index (χ1n) is 5.47. The van der Waals surface area contributed by atoms with Crippen LogP contribution in [0.5, 0.6) is 0 Å². The molecule has 1 aromatic rings. The normalized spacial score (nSPS) is 11.1. The number of rotatable bonds is 2. The van der Waals surface area contributed by atoms with E-state index in [9.17, 15) is 4.79 Å². The molecule has 0 fully saturated rings. The predicted octanol–water partition coefficient (Wildman–Crippen LogP) is 4.24. The van der Waals surface area contributed by atoms with Gasteiger partial charge < -0.3 is 4.74 Å². The summed E-state index contributed by atoms with van der Waals surface area (Å²) in [6.07, 6.45) is -0.429. The van der Waals surface area contributed by atoms with Crippen LogP contribution in [0.1, 0.15) is 31.9 Å². The smallest absolute Gasteiger partial charge is 0.412 e. The van der Waals surface area contributed by atoms with Gasteiger partial charge in [-0.25, -0.2) is 4.79 Å². The zero-order valence-electron chi connectivity index (χ0n) is 10.6. The van der Waals surface area contributed by atoms with Crippen LogP contribution in [-0.4, -0.2) is 11.7 Å². The highest BCUT2D eigenvalue weighted by Gasteiger charge is 2.16. The lowest BCUT2D eigenvalue weighted by Crippen LogP contribution is -2.27. The van der Waals surface area contributed by atoms with E-state index in [2.05, 4.69) is 21.2 Å². The third kappa shape index (κ3) is 4.77. The van der Waals surface area contributed by atoms with Gasteiger partial charge in [-0.15, -0.1) is 0 Å². The average Bonchev–Trinajstić information content (AvgIpc) is 2.18. The molecule has 0 unspecified atom stereocenters. The highest BCUT2D eigenvalue weighted by Crippen LogP contribution is 2.18. The minimum Gasteiger partial charge on any atom is -0.444 e. The van der Waals surface area contributed by atoms with Gasteiger partial charge in [0.05, 0.1) is 0 Å². The van der Waals surface area contributed by atoms with Gasteiger partial charge >= 0.3 is 6.09 Å². The second-order valence-corrected chi connectivity index (χ2v) is 5.46. The van der Waals surface area contributed by atoms with Crippen LogP contribution in [0.4, 0.5) is 10.5 Å². The van der Waals surface area contributed by atoms with Gasteiger partial charge in [-0.2, -0.15) is 0 Å². The molecule has 0 radical (unpaired) electrons. The van der Waals surface area contributed by atoms with Gasteiger partial charge in [-0.1, -0.05) is 22.0 Å². The van der Waals surface area contributed by atoms with Crippen LogP contribution in [0.2, 0.25) is 0 Å². The molecule has 0 aromatic heterocycles. The van der Waals surface area contributed by atoms with Crippen molar-refractivity contribution in [2.75, 3.05) is 5.32 Å². The lowest BCUT2D eigenvalue weighted by atomic mass is 10.1. The zero-order valence-corrected chi connectivity index (χ0v) is 12.2. The third-order valence-electron chi connectivity index (χ3n) is 2.14. The molecular weight excluding hydrogens is 282 g/mol. The molecule has 1 N–H and O–H groups in total. The van der Waals surface area contributed by atoms with Crippen molar-refractivity contribution in [1.82, 2.24) is 0 Å². The zero-order chi connectivity index (χ0) is 13.1. The maximum atomic E-state index is 11.6. The first-order valence-corrected chi connectivity index (χ1v) is 6.59. The number of nitrogens with one attached hydrogen (secondary N) is 1. The molecule has 0 aliphatic heterocycles. The first-order chi connectivity index (χ1) is 7.81. The summed E-state index contributed by atoms with van der Waals surface area (Å²) >= 11 is 3.41. The summed E-state index contributed by atoms with van der Waals surface area (Å²) in [5.74, 6) is 0. The first kappa shape index (κ1) is 14.0. The molecule has 0 bridgehead atoms. The van der Waals surface area contributed by atoms with Crippen molar-refractivity contribution < 1.29 is 9.53 Å². The molecule has 17 heavy (non-hydrogen) atoms. The molecular formula is C13H18BrNO2. The van der Waals surface area contributed by atoms with E-state index in [4.69, 9.17) is 4.74 Å². The highest BCUT2D eigenvalue weighted by molar-refractivity contribution is 9.08. The van der Waals surface area contributed by atoms with E-state index in [1.165, 1.54) is 5.56 Å². The molecule has 94 valence electrons. The van der Waals surface area contributed by atoms with Gasteiger partial charge in [0, 0.05) is 11.0 Å². The van der Waals surface area contributed by atoms with Crippen LogP contribution in [0.15, 0.2) is 18.2 Å². The number of amides is 1. The number of anilines is 1. The Morgan fingerprint density at radius 1 is 1.41 bits per heavy atom. The molecule has 1 aromatic carbocycles. The van der Waals surface area contributed by atoms with Crippen molar-refractivity contribution in [1.29, 1.82) is 0 Å². The van der Waals surface area contributed by atoms with Gasteiger partial charge in [-0.3, -0.25) is 5.32 Å². The van der Waals surface area contributed by atoms with Gasteiger partial charge in [-0.05, 0) is 51.0 Å². The topological polar surface area (TPSA) is 38.3 Å². The lowest BCUT2D eigenvalue weighted by Gasteiger charge is -2.19. The minimum absolute atomic E-state index is 0.429. The third-order valence-corrected chi connectivity index (χ3v) is 2.74. The molecule has 4 heteroatoms. The quantitative estimate of drug-likeness (QED) is 0.830. The Labute approximate surface area is 111 Å². The summed E-state index contributed by atoms with van der Waals surface area (Å²) in [7, 11) is 0. The summed E-state index contributed by atoms with van der Waals surface area (Å²) in [6, 6.07) is 5.78. The summed E-state index contributed by atoms with van der Waals surface area (Å²) in [5.41, 5.74) is 2.61. The Morgan fingerprint density at radius 3 is 2.59 bits per heavy atom. The number of alkyl halides is 1. The SMILES string of the molecule is Cc1ccc(NC(=O)OC(C)(C)C)cc1CBr. The molecule has 1 amide bonds. The Balaban J connectivity index is 2.72. The number of benzene rings is 1. The molecule has 0 atom stereocenters. The standard InChI is InChI=1S/C13H18BrNO2/c1-9-5-6-11(7-10(9)8-14)15-12(16)17-13(2,3)4/h5-7H,8H2,1-4H3,(H,15,16). The molecule has 0 saturated heterocycles. The summed E-state index contributed by atoms with van der Waals surface area (Å²) in [5, 5.41) is 3.48. The van der Waals surface area contributed by atoms with Crippen LogP contribution in [0.3, 0.4) is 0 Å². The Hall–Kier alpha value is -1.03. The van der Waals surface area contributed by atoms with Crippen LogP contribution in [0, 0.1) is 6.92 Å². The van der Waals surface area contributed by atoms with E-state index in [0.717, 1.165) is 16.6 Å². The fourth-order valence-corrected chi connectivity index (χ4v) is 1.92. The Kier molecular flexibility index (Phi) is 4.57. The number of halogens is 1. The second kappa shape index (κ2) is 5.54. The molecule has 1 rings (SSSR count). The van der Waals surface area contributed by atoms with E-state index in [1.807, 2.05) is 45.9 Å². The maximum Gasteiger partial charge on any atom is 0.412 e. The van der Waals surface area contributed by atoms with Crippen molar-refractivity contribution in [3.05, 3.63) is 29.3 Å². The monoisotopic (exact) mass is 299 g/mol. The summed E-state index contributed by atoms with van der Waals surface area (Å²) < 4.78 is 5.18. The number of hydrogen-bond acceptors (Lipinski definition) is 2. The van der Waals surface area contributed by atoms with E-state index in [1.54, 1.807) is 0 Å². The van der Waals surface area contributed by atoms with Gasteiger partial charge in [0.25, 0.3) is 0 Å². The van der Waals surface area contributed by atoms with Crippen molar-refractivity contribution in [3.8, 4) is 0 Å². The molecule has 3 nitrogen and oxygen atoms in total.